The molecule has 1 aromatic heterocycles. The van der Waals surface area contributed by atoms with Crippen LogP contribution < -0.4 is 9.47 Å². The second-order valence-corrected chi connectivity index (χ2v) is 5.39. The summed E-state index contributed by atoms with van der Waals surface area (Å²) >= 11 is 0. The lowest BCUT2D eigenvalue weighted by molar-refractivity contribution is 0.404. The summed E-state index contributed by atoms with van der Waals surface area (Å²) in [5.74, 6) is 0.918. The van der Waals surface area contributed by atoms with Crippen LogP contribution in [-0.4, -0.2) is 17.1 Å². The third-order valence-corrected chi connectivity index (χ3v) is 2.82. The van der Waals surface area contributed by atoms with Crippen LogP contribution in [0.1, 0.15) is 26.3 Å². The number of halogens is 1. The maximum absolute atomic E-state index is 13.1. The number of hydrogen-bond donors (Lipinski definition) is 0. The molecular formula is C15H17FN2O2. The van der Waals surface area contributed by atoms with Gasteiger partial charge in [-0.2, -0.15) is 4.39 Å². The molecule has 1 aromatic carbocycles. The van der Waals surface area contributed by atoms with Crippen molar-refractivity contribution in [2.45, 2.75) is 26.2 Å². The highest BCUT2D eigenvalue weighted by Crippen LogP contribution is 2.36. The number of aromatic nitrogens is 2. The van der Waals surface area contributed by atoms with Crippen LogP contribution >= 0.6 is 0 Å². The molecule has 0 aliphatic heterocycles. The zero-order chi connectivity index (χ0) is 14.8. The highest BCUT2D eigenvalue weighted by atomic mass is 19.1. The molecule has 0 saturated heterocycles. The van der Waals surface area contributed by atoms with Crippen LogP contribution in [0.25, 0.3) is 0 Å². The molecule has 0 bridgehead atoms. The number of hydrogen-bond acceptors (Lipinski definition) is 4. The minimum atomic E-state index is -0.624. The summed E-state index contributed by atoms with van der Waals surface area (Å²) < 4.78 is 24.0. The van der Waals surface area contributed by atoms with Crippen molar-refractivity contribution in [3.05, 3.63) is 42.1 Å². The Morgan fingerprint density at radius 2 is 1.85 bits per heavy atom. The second kappa shape index (κ2) is 5.45. The normalized spacial score (nSPS) is 11.2. The van der Waals surface area contributed by atoms with Crippen molar-refractivity contribution < 1.29 is 13.9 Å². The molecule has 106 valence electrons. The molecule has 4 nitrogen and oxygen atoms in total. The van der Waals surface area contributed by atoms with Gasteiger partial charge in [0.1, 0.15) is 17.8 Å². The molecule has 0 atom stereocenters. The molecule has 0 unspecified atom stereocenters. The number of rotatable bonds is 3. The van der Waals surface area contributed by atoms with Gasteiger partial charge in [0.25, 0.3) is 0 Å². The molecule has 0 amide bonds. The third kappa shape index (κ3) is 3.23. The summed E-state index contributed by atoms with van der Waals surface area (Å²) in [5, 5.41) is 0. The van der Waals surface area contributed by atoms with Crippen LogP contribution in [0.15, 0.2) is 30.6 Å². The fraction of sp³-hybridized carbons (Fsp3) is 0.333. The van der Waals surface area contributed by atoms with Crippen LogP contribution in [0.4, 0.5) is 4.39 Å². The first-order valence-corrected chi connectivity index (χ1v) is 6.24. The van der Waals surface area contributed by atoms with Gasteiger partial charge in [0, 0.05) is 5.56 Å². The van der Waals surface area contributed by atoms with Crippen molar-refractivity contribution in [2.75, 3.05) is 7.11 Å². The number of benzene rings is 1. The van der Waals surface area contributed by atoms with Gasteiger partial charge in [-0.15, -0.1) is 0 Å². The Balaban J connectivity index is 2.41. The average Bonchev–Trinajstić information content (AvgIpc) is 2.38. The Morgan fingerprint density at radius 1 is 1.10 bits per heavy atom. The fourth-order valence-electron chi connectivity index (χ4n) is 1.80. The minimum absolute atomic E-state index is 0.143. The lowest BCUT2D eigenvalue weighted by Crippen LogP contribution is -2.13. The first-order chi connectivity index (χ1) is 9.40. The molecule has 0 fully saturated rings. The van der Waals surface area contributed by atoms with Crippen LogP contribution in [0.5, 0.6) is 17.4 Å². The van der Waals surface area contributed by atoms with E-state index in [2.05, 4.69) is 30.7 Å². The number of nitrogens with zero attached hydrogens (tertiary/aromatic N) is 2. The van der Waals surface area contributed by atoms with Crippen molar-refractivity contribution in [3.8, 4) is 17.4 Å². The summed E-state index contributed by atoms with van der Waals surface area (Å²) in [6.07, 6.45) is 1.13. The maximum Gasteiger partial charge on any atom is 0.225 e. The molecule has 0 saturated carbocycles. The molecule has 0 radical (unpaired) electrons. The Morgan fingerprint density at radius 3 is 2.45 bits per heavy atom. The van der Waals surface area contributed by atoms with Gasteiger partial charge in [-0.25, -0.2) is 9.97 Å². The molecule has 0 aliphatic carbocycles. The van der Waals surface area contributed by atoms with E-state index in [1.165, 1.54) is 0 Å². The molecule has 5 heteroatoms. The minimum Gasteiger partial charge on any atom is -0.497 e. The molecule has 1 heterocycles. The van der Waals surface area contributed by atoms with E-state index in [1.807, 2.05) is 6.07 Å². The predicted molar refractivity (Wildman–Crippen MR) is 73.8 cm³/mol. The van der Waals surface area contributed by atoms with E-state index < -0.39 is 5.95 Å². The molecule has 2 aromatic rings. The zero-order valence-corrected chi connectivity index (χ0v) is 12.0. The van der Waals surface area contributed by atoms with Gasteiger partial charge >= 0.3 is 0 Å². The van der Waals surface area contributed by atoms with Crippen molar-refractivity contribution in [1.29, 1.82) is 0 Å². The first-order valence-electron chi connectivity index (χ1n) is 6.24. The Hall–Kier alpha value is -2.17. The van der Waals surface area contributed by atoms with Gasteiger partial charge in [-0.05, 0) is 23.6 Å². The van der Waals surface area contributed by atoms with Gasteiger partial charge in [0.2, 0.25) is 11.8 Å². The Bertz CT molecular complexity index is 609. The van der Waals surface area contributed by atoms with Gasteiger partial charge in [-0.3, -0.25) is 0 Å². The van der Waals surface area contributed by atoms with Crippen molar-refractivity contribution in [2.24, 2.45) is 0 Å². The SMILES string of the molecule is COc1ccc(Oc2cc(F)ncn2)c(C(C)(C)C)c1. The standard InChI is InChI=1S/C15H17FN2O2/c1-15(2,3)11-7-10(19-4)5-6-12(11)20-14-8-13(16)17-9-18-14/h5-9H,1-4H3. The van der Waals surface area contributed by atoms with E-state index in [9.17, 15) is 4.39 Å². The highest BCUT2D eigenvalue weighted by molar-refractivity contribution is 5.45. The Labute approximate surface area is 117 Å². The number of ether oxygens (including phenoxy) is 2. The first kappa shape index (κ1) is 14.2. The van der Waals surface area contributed by atoms with Crippen molar-refractivity contribution in [3.63, 3.8) is 0 Å². The van der Waals surface area contributed by atoms with Crippen LogP contribution in [0, 0.1) is 5.95 Å². The highest BCUT2D eigenvalue weighted by Gasteiger charge is 2.20. The summed E-state index contributed by atoms with van der Waals surface area (Å²) in [5.41, 5.74) is 0.811. The van der Waals surface area contributed by atoms with Gasteiger partial charge in [-0.1, -0.05) is 20.8 Å². The molecule has 20 heavy (non-hydrogen) atoms. The van der Waals surface area contributed by atoms with E-state index in [-0.39, 0.29) is 11.3 Å². The molecule has 2 rings (SSSR count). The number of methoxy groups -OCH3 is 1. The zero-order valence-electron chi connectivity index (χ0n) is 12.0. The van der Waals surface area contributed by atoms with E-state index in [1.54, 1.807) is 19.2 Å². The summed E-state index contributed by atoms with van der Waals surface area (Å²) in [4.78, 5) is 7.30. The Kier molecular flexibility index (Phi) is 3.88. The van der Waals surface area contributed by atoms with Crippen LogP contribution in [0.3, 0.4) is 0 Å². The summed E-state index contributed by atoms with van der Waals surface area (Å²) in [6.45, 7) is 6.19. The maximum atomic E-state index is 13.1. The molecular weight excluding hydrogens is 259 g/mol. The van der Waals surface area contributed by atoms with E-state index in [4.69, 9.17) is 9.47 Å². The molecule has 0 N–H and O–H groups in total. The van der Waals surface area contributed by atoms with Gasteiger partial charge in [0.05, 0.1) is 13.2 Å². The van der Waals surface area contributed by atoms with Crippen molar-refractivity contribution in [1.82, 2.24) is 9.97 Å². The van der Waals surface area contributed by atoms with Crippen molar-refractivity contribution >= 4 is 0 Å². The summed E-state index contributed by atoms with van der Waals surface area (Å²) in [7, 11) is 1.61. The lowest BCUT2D eigenvalue weighted by Gasteiger charge is -2.23. The van der Waals surface area contributed by atoms with Crippen LogP contribution in [0.2, 0.25) is 0 Å². The smallest absolute Gasteiger partial charge is 0.225 e. The van der Waals surface area contributed by atoms with Crippen LogP contribution in [-0.2, 0) is 5.41 Å². The molecule has 0 spiro atoms. The van der Waals surface area contributed by atoms with E-state index in [0.717, 1.165) is 23.7 Å². The quantitative estimate of drug-likeness (QED) is 0.801. The monoisotopic (exact) mass is 276 g/mol. The van der Waals surface area contributed by atoms with E-state index in [0.29, 0.717) is 5.75 Å². The van der Waals surface area contributed by atoms with E-state index >= 15 is 0 Å². The predicted octanol–water partition coefficient (Wildman–Crippen LogP) is 3.71. The van der Waals surface area contributed by atoms with Gasteiger partial charge < -0.3 is 9.47 Å². The topological polar surface area (TPSA) is 44.2 Å². The largest absolute Gasteiger partial charge is 0.497 e. The second-order valence-electron chi connectivity index (χ2n) is 5.39. The summed E-state index contributed by atoms with van der Waals surface area (Å²) in [6, 6.07) is 6.64. The lowest BCUT2D eigenvalue weighted by atomic mass is 9.86. The van der Waals surface area contributed by atoms with Gasteiger partial charge in [0.15, 0.2) is 0 Å². The fourth-order valence-corrected chi connectivity index (χ4v) is 1.80. The third-order valence-electron chi connectivity index (χ3n) is 2.82. The average molecular weight is 276 g/mol. The molecule has 0 aliphatic rings.